The van der Waals surface area contributed by atoms with Crippen LogP contribution < -0.4 is 0 Å². The standard InChI is InChI=1S/C30H17FNOS.C13H24O2.Ir/c1-17-21-7-4-5-9-27(21)34-30(17)19-12-13-32-25(15-19)24-14-18-6-2-3-8-22(18)28-23-11-10-20(31)16-26(23)33-29(24)28;1-5-10(6-2)12(14)9-13(15)11(7-3)8-4;/h2-13,15-16H,1H3;9-11,14H,5-8H2,1-4H3;/q-1;;/b;12-9-;. The Morgan fingerprint density at radius 3 is 2.28 bits per heavy atom. The normalized spacial score (nSPS) is 11.8. The van der Waals surface area contributed by atoms with E-state index in [-0.39, 0.29) is 49.3 Å². The van der Waals surface area contributed by atoms with Gasteiger partial charge in [-0.3, -0.25) is 9.78 Å². The van der Waals surface area contributed by atoms with E-state index in [1.807, 2.05) is 58.2 Å². The number of aliphatic hydroxyl groups excluding tert-OH is 1. The van der Waals surface area contributed by atoms with Crippen molar-refractivity contribution < 1.29 is 38.8 Å². The van der Waals surface area contributed by atoms with E-state index in [1.54, 1.807) is 17.4 Å². The number of ketones is 1. The number of hydrogen-bond donors (Lipinski definition) is 1. The molecule has 0 atom stereocenters. The number of fused-ring (bicyclic) bond motifs is 6. The van der Waals surface area contributed by atoms with Crippen molar-refractivity contribution >= 4 is 59.9 Å². The Hall–Kier alpha value is -4.16. The molecule has 0 fully saturated rings. The van der Waals surface area contributed by atoms with Crippen molar-refractivity contribution in [3.63, 3.8) is 0 Å². The van der Waals surface area contributed by atoms with Crippen molar-refractivity contribution in [3.05, 3.63) is 114 Å². The number of aryl methyl sites for hydroxylation is 1. The molecule has 0 aliphatic rings. The van der Waals surface area contributed by atoms with Gasteiger partial charge in [-0.15, -0.1) is 28.9 Å². The Balaban J connectivity index is 0.000000261. The molecular weight excluding hydrogens is 822 g/mol. The van der Waals surface area contributed by atoms with E-state index in [9.17, 15) is 14.3 Å². The average Bonchev–Trinajstić information content (AvgIpc) is 3.67. The van der Waals surface area contributed by atoms with Gasteiger partial charge >= 0.3 is 0 Å². The molecule has 259 valence electrons. The number of allylic oxidation sites excluding steroid dienone is 2. The van der Waals surface area contributed by atoms with E-state index < -0.39 is 0 Å². The Morgan fingerprint density at radius 2 is 1.58 bits per heavy atom. The maximum atomic E-state index is 14.0. The molecule has 7 aromatic rings. The number of benzene rings is 4. The first-order chi connectivity index (χ1) is 23.8. The number of pyridine rings is 1. The number of aromatic nitrogens is 1. The van der Waals surface area contributed by atoms with Crippen LogP contribution in [0.2, 0.25) is 0 Å². The van der Waals surface area contributed by atoms with Crippen molar-refractivity contribution in [2.24, 2.45) is 11.8 Å². The topological polar surface area (TPSA) is 63.3 Å². The minimum atomic E-state index is -0.318. The number of hydrogen-bond acceptors (Lipinski definition) is 5. The van der Waals surface area contributed by atoms with Crippen molar-refractivity contribution in [2.45, 2.75) is 60.3 Å². The molecule has 0 saturated heterocycles. The zero-order valence-electron chi connectivity index (χ0n) is 29.0. The SMILES string of the molecule is CCC(CC)C(=O)/C=C(\O)C(CC)CC.Cc1c(-c2ccnc(-c3[c-]c4ccccc4c4c3oc3cc(F)ccc34)c2)sc2ccccc12.[Ir]. The summed E-state index contributed by atoms with van der Waals surface area (Å²) < 4.78 is 21.5. The Bertz CT molecular complexity index is 2310. The minimum absolute atomic E-state index is 0. The van der Waals surface area contributed by atoms with Crippen LogP contribution >= 0.6 is 11.3 Å². The van der Waals surface area contributed by atoms with Crippen LogP contribution in [0.5, 0.6) is 0 Å². The fraction of sp³-hybridized carbons (Fsp3) is 0.256. The van der Waals surface area contributed by atoms with Crippen LogP contribution in [0.1, 0.15) is 58.9 Å². The van der Waals surface area contributed by atoms with E-state index in [1.165, 1.54) is 38.7 Å². The van der Waals surface area contributed by atoms with Crippen LogP contribution in [-0.2, 0) is 24.9 Å². The molecule has 0 aliphatic heterocycles. The van der Waals surface area contributed by atoms with Crippen LogP contribution in [-0.4, -0.2) is 15.9 Å². The van der Waals surface area contributed by atoms with Gasteiger partial charge in [0.25, 0.3) is 0 Å². The maximum Gasteiger partial charge on any atom is 0.162 e. The van der Waals surface area contributed by atoms with Gasteiger partial charge in [-0.1, -0.05) is 81.1 Å². The summed E-state index contributed by atoms with van der Waals surface area (Å²) in [6, 6.07) is 29.0. The van der Waals surface area contributed by atoms with Gasteiger partial charge in [0.15, 0.2) is 5.78 Å². The number of halogens is 1. The third kappa shape index (κ3) is 7.32. The second kappa shape index (κ2) is 16.2. The van der Waals surface area contributed by atoms with Crippen LogP contribution in [0.4, 0.5) is 4.39 Å². The molecule has 3 heterocycles. The van der Waals surface area contributed by atoms with Crippen molar-refractivity contribution in [1.82, 2.24) is 4.98 Å². The molecule has 4 aromatic carbocycles. The summed E-state index contributed by atoms with van der Waals surface area (Å²) in [4.78, 5) is 17.6. The summed E-state index contributed by atoms with van der Waals surface area (Å²) in [6.07, 6.45) is 6.75. The maximum absolute atomic E-state index is 14.0. The van der Waals surface area contributed by atoms with E-state index in [2.05, 4.69) is 49.4 Å². The van der Waals surface area contributed by atoms with Crippen LogP contribution in [0.25, 0.3) is 64.5 Å². The van der Waals surface area contributed by atoms with Crippen LogP contribution in [0.15, 0.2) is 101 Å². The number of thiophene rings is 1. The Morgan fingerprint density at radius 1 is 0.900 bits per heavy atom. The Labute approximate surface area is 310 Å². The van der Waals surface area contributed by atoms with Crippen molar-refractivity contribution in [2.75, 3.05) is 0 Å². The fourth-order valence-corrected chi connectivity index (χ4v) is 7.84. The fourth-order valence-electron chi connectivity index (χ4n) is 6.63. The van der Waals surface area contributed by atoms with Crippen molar-refractivity contribution in [3.8, 4) is 21.7 Å². The number of aliphatic hydroxyl groups is 1. The first-order valence-electron chi connectivity index (χ1n) is 17.1. The quantitative estimate of drug-likeness (QED) is 0.0892. The van der Waals surface area contributed by atoms with Gasteiger partial charge in [-0.2, -0.15) is 0 Å². The first kappa shape index (κ1) is 37.1. The summed E-state index contributed by atoms with van der Waals surface area (Å²) in [7, 11) is 0. The summed E-state index contributed by atoms with van der Waals surface area (Å²) in [5, 5.41) is 14.9. The summed E-state index contributed by atoms with van der Waals surface area (Å²) in [5.74, 6) is 0.230. The molecule has 0 unspecified atom stereocenters. The smallest absolute Gasteiger partial charge is 0.162 e. The molecule has 0 spiro atoms. The average molecular weight is 863 g/mol. The molecule has 3 aromatic heterocycles. The molecule has 0 saturated carbocycles. The van der Waals surface area contributed by atoms with Crippen molar-refractivity contribution in [1.29, 1.82) is 0 Å². The van der Waals surface area contributed by atoms with Gasteiger partial charge in [0, 0.05) is 70.9 Å². The second-order valence-electron chi connectivity index (χ2n) is 12.5. The monoisotopic (exact) mass is 863 g/mol. The number of rotatable bonds is 9. The molecule has 7 rings (SSSR count). The molecular formula is C43H41FIrNO3S-. The molecule has 0 amide bonds. The zero-order valence-corrected chi connectivity index (χ0v) is 32.2. The predicted molar refractivity (Wildman–Crippen MR) is 203 cm³/mol. The second-order valence-corrected chi connectivity index (χ2v) is 13.5. The Kier molecular flexibility index (Phi) is 12.1. The third-order valence-electron chi connectivity index (χ3n) is 9.54. The number of carbonyl (C=O) groups excluding carboxylic acids is 1. The zero-order chi connectivity index (χ0) is 34.7. The van der Waals surface area contributed by atoms with Gasteiger partial charge in [-0.25, -0.2) is 4.39 Å². The third-order valence-corrected chi connectivity index (χ3v) is 10.9. The predicted octanol–water partition coefficient (Wildman–Crippen LogP) is 12.8. The number of nitrogens with zero attached hydrogens (tertiary/aromatic N) is 1. The summed E-state index contributed by atoms with van der Waals surface area (Å²) in [5.41, 5.74) is 5.15. The van der Waals surface area contributed by atoms with Gasteiger partial charge in [-0.05, 0) is 78.8 Å². The summed E-state index contributed by atoms with van der Waals surface area (Å²) in [6.45, 7) is 10.2. The van der Waals surface area contributed by atoms with E-state index in [4.69, 9.17) is 9.40 Å². The molecule has 1 N–H and O–H groups in total. The molecule has 0 aliphatic carbocycles. The van der Waals surface area contributed by atoms with Crippen LogP contribution in [0.3, 0.4) is 0 Å². The van der Waals surface area contributed by atoms with Crippen LogP contribution in [0, 0.1) is 30.6 Å². The van der Waals surface area contributed by atoms with Gasteiger partial charge < -0.3 is 9.52 Å². The number of furan rings is 1. The van der Waals surface area contributed by atoms with E-state index in [0.717, 1.165) is 64.0 Å². The van der Waals surface area contributed by atoms with E-state index >= 15 is 0 Å². The number of carbonyl (C=O) groups is 1. The largest absolute Gasteiger partial charge is 0.512 e. The summed E-state index contributed by atoms with van der Waals surface area (Å²) >= 11 is 1.79. The molecule has 1 radical (unpaired) electrons. The molecule has 0 bridgehead atoms. The van der Waals surface area contributed by atoms with Gasteiger partial charge in [0.2, 0.25) is 0 Å². The van der Waals surface area contributed by atoms with Gasteiger partial charge in [0.1, 0.15) is 11.4 Å². The molecule has 50 heavy (non-hydrogen) atoms. The van der Waals surface area contributed by atoms with Gasteiger partial charge in [0.05, 0.1) is 11.3 Å². The molecule has 7 heteroatoms. The first-order valence-corrected chi connectivity index (χ1v) is 17.9. The minimum Gasteiger partial charge on any atom is -0.512 e. The molecule has 4 nitrogen and oxygen atoms in total. The van der Waals surface area contributed by atoms with E-state index in [0.29, 0.717) is 11.2 Å².